The van der Waals surface area contributed by atoms with Gasteiger partial charge in [0.1, 0.15) is 23.2 Å². The Bertz CT molecular complexity index is 616. The Labute approximate surface area is 115 Å². The number of rotatable bonds is 4. The zero-order chi connectivity index (χ0) is 14.7. The Kier molecular flexibility index (Phi) is 4.17. The van der Waals surface area contributed by atoms with E-state index in [0.29, 0.717) is 5.75 Å². The molecule has 106 valence electrons. The summed E-state index contributed by atoms with van der Waals surface area (Å²) in [6.07, 6.45) is 0. The molecule has 0 amide bonds. The molecule has 0 aliphatic rings. The summed E-state index contributed by atoms with van der Waals surface area (Å²) in [5, 5.41) is 2.81. The van der Waals surface area contributed by atoms with Crippen LogP contribution < -0.4 is 10.1 Å². The summed E-state index contributed by atoms with van der Waals surface area (Å²) in [5.41, 5.74) is 0.299. The van der Waals surface area contributed by atoms with Gasteiger partial charge in [-0.2, -0.15) is 0 Å². The minimum Gasteiger partial charge on any atom is -0.497 e. The van der Waals surface area contributed by atoms with Crippen molar-refractivity contribution in [2.75, 3.05) is 12.4 Å². The quantitative estimate of drug-likeness (QED) is 0.902. The first kappa shape index (κ1) is 14.2. The van der Waals surface area contributed by atoms with E-state index in [1.165, 1.54) is 25.3 Å². The average Bonchev–Trinajstić information content (AvgIpc) is 2.43. The van der Waals surface area contributed by atoms with Gasteiger partial charge >= 0.3 is 0 Å². The average molecular weight is 281 g/mol. The predicted molar refractivity (Wildman–Crippen MR) is 71.3 cm³/mol. The smallest absolute Gasteiger partial charge is 0.146 e. The normalized spacial score (nSPS) is 12.1. The third-order valence-electron chi connectivity index (χ3n) is 2.97. The highest BCUT2D eigenvalue weighted by molar-refractivity contribution is 5.51. The summed E-state index contributed by atoms with van der Waals surface area (Å²) in [5.74, 6) is -1.11. The molecule has 1 atom stereocenters. The van der Waals surface area contributed by atoms with Crippen LogP contribution in [0.1, 0.15) is 18.5 Å². The van der Waals surface area contributed by atoms with Crippen LogP contribution in [0.15, 0.2) is 36.4 Å². The molecule has 0 aromatic heterocycles. The van der Waals surface area contributed by atoms with Crippen molar-refractivity contribution in [3.05, 3.63) is 59.4 Å². The fourth-order valence-corrected chi connectivity index (χ4v) is 1.90. The molecule has 20 heavy (non-hydrogen) atoms. The zero-order valence-electron chi connectivity index (χ0n) is 11.1. The maximum atomic E-state index is 13.7. The molecule has 0 bridgehead atoms. The summed E-state index contributed by atoms with van der Waals surface area (Å²) in [6.45, 7) is 1.62. The Morgan fingerprint density at radius 1 is 1.00 bits per heavy atom. The van der Waals surface area contributed by atoms with Crippen LogP contribution >= 0.6 is 0 Å². The number of hydrogen-bond donors (Lipinski definition) is 1. The van der Waals surface area contributed by atoms with Crippen molar-refractivity contribution < 1.29 is 17.9 Å². The number of benzene rings is 2. The highest BCUT2D eigenvalue weighted by atomic mass is 19.1. The molecule has 0 spiro atoms. The van der Waals surface area contributed by atoms with Crippen molar-refractivity contribution in [3.63, 3.8) is 0 Å². The zero-order valence-corrected chi connectivity index (χ0v) is 11.1. The minimum absolute atomic E-state index is 0.132. The second kappa shape index (κ2) is 5.86. The first-order valence-corrected chi connectivity index (χ1v) is 6.06. The van der Waals surface area contributed by atoms with Gasteiger partial charge in [-0.05, 0) is 37.3 Å². The van der Waals surface area contributed by atoms with Crippen LogP contribution in [0.2, 0.25) is 0 Å². The Morgan fingerprint density at radius 3 is 2.40 bits per heavy atom. The highest BCUT2D eigenvalue weighted by Crippen LogP contribution is 2.27. The number of ether oxygens (including phenoxy) is 1. The van der Waals surface area contributed by atoms with Crippen molar-refractivity contribution in [1.82, 2.24) is 0 Å². The summed E-state index contributed by atoms with van der Waals surface area (Å²) in [7, 11) is 1.46. The first-order chi connectivity index (χ1) is 9.51. The summed E-state index contributed by atoms with van der Waals surface area (Å²) in [6, 6.07) is 6.77. The van der Waals surface area contributed by atoms with Crippen LogP contribution in [0.5, 0.6) is 5.75 Å². The lowest BCUT2D eigenvalue weighted by molar-refractivity contribution is 0.414. The van der Waals surface area contributed by atoms with Crippen LogP contribution in [0.4, 0.5) is 18.9 Å². The highest BCUT2D eigenvalue weighted by Gasteiger charge is 2.14. The van der Waals surface area contributed by atoms with Gasteiger partial charge in [0.2, 0.25) is 0 Å². The standard InChI is InChI=1S/C15H14F3NO/c1-9(12-7-10(16)3-5-13(12)17)19-15-8-11(20-2)4-6-14(15)18/h3-9,19H,1-2H3. The van der Waals surface area contributed by atoms with Gasteiger partial charge in [0, 0.05) is 11.6 Å². The summed E-state index contributed by atoms with van der Waals surface area (Å²) in [4.78, 5) is 0. The van der Waals surface area contributed by atoms with E-state index in [-0.39, 0.29) is 11.3 Å². The topological polar surface area (TPSA) is 21.3 Å². The van der Waals surface area contributed by atoms with Gasteiger partial charge in [0.05, 0.1) is 18.8 Å². The lowest BCUT2D eigenvalue weighted by atomic mass is 10.1. The molecule has 5 heteroatoms. The van der Waals surface area contributed by atoms with E-state index < -0.39 is 23.5 Å². The molecule has 0 saturated heterocycles. The third-order valence-corrected chi connectivity index (χ3v) is 2.97. The molecule has 2 nitrogen and oxygen atoms in total. The lowest BCUT2D eigenvalue weighted by Gasteiger charge is -2.17. The SMILES string of the molecule is COc1ccc(F)c(NC(C)c2cc(F)ccc2F)c1. The molecule has 2 aromatic rings. The van der Waals surface area contributed by atoms with Crippen molar-refractivity contribution in [2.45, 2.75) is 13.0 Å². The van der Waals surface area contributed by atoms with Gasteiger partial charge in [-0.3, -0.25) is 0 Å². The molecule has 0 fully saturated rings. The van der Waals surface area contributed by atoms with Crippen LogP contribution in [0.25, 0.3) is 0 Å². The molecule has 0 radical (unpaired) electrons. The molecule has 1 N–H and O–H groups in total. The van der Waals surface area contributed by atoms with E-state index in [1.54, 1.807) is 6.92 Å². The monoisotopic (exact) mass is 281 g/mol. The number of hydrogen-bond acceptors (Lipinski definition) is 2. The van der Waals surface area contributed by atoms with Crippen LogP contribution in [0.3, 0.4) is 0 Å². The fourth-order valence-electron chi connectivity index (χ4n) is 1.90. The fraction of sp³-hybridized carbons (Fsp3) is 0.200. The number of anilines is 1. The third kappa shape index (κ3) is 3.04. The number of nitrogens with one attached hydrogen (secondary N) is 1. The lowest BCUT2D eigenvalue weighted by Crippen LogP contribution is -2.10. The Balaban J connectivity index is 2.27. The molecule has 1 unspecified atom stereocenters. The second-order valence-electron chi connectivity index (χ2n) is 4.38. The number of methoxy groups -OCH3 is 1. The van der Waals surface area contributed by atoms with Crippen molar-refractivity contribution >= 4 is 5.69 Å². The summed E-state index contributed by atoms with van der Waals surface area (Å²) < 4.78 is 45.5. The Morgan fingerprint density at radius 2 is 1.70 bits per heavy atom. The maximum Gasteiger partial charge on any atom is 0.146 e. The van der Waals surface area contributed by atoms with E-state index in [0.717, 1.165) is 18.2 Å². The minimum atomic E-state index is -0.590. The van der Waals surface area contributed by atoms with Crippen molar-refractivity contribution in [2.24, 2.45) is 0 Å². The largest absolute Gasteiger partial charge is 0.497 e. The van der Waals surface area contributed by atoms with Crippen LogP contribution in [-0.4, -0.2) is 7.11 Å². The Hall–Kier alpha value is -2.17. The van der Waals surface area contributed by atoms with Crippen LogP contribution in [0, 0.1) is 17.5 Å². The van der Waals surface area contributed by atoms with E-state index in [4.69, 9.17) is 4.74 Å². The molecule has 0 heterocycles. The van der Waals surface area contributed by atoms with Gasteiger partial charge in [-0.1, -0.05) is 0 Å². The van der Waals surface area contributed by atoms with Gasteiger partial charge < -0.3 is 10.1 Å². The first-order valence-electron chi connectivity index (χ1n) is 6.06. The molecule has 2 rings (SSSR count). The van der Waals surface area contributed by atoms with Crippen molar-refractivity contribution in [3.8, 4) is 5.75 Å². The molecule has 2 aromatic carbocycles. The second-order valence-corrected chi connectivity index (χ2v) is 4.38. The van der Waals surface area contributed by atoms with Crippen LogP contribution in [-0.2, 0) is 0 Å². The maximum absolute atomic E-state index is 13.7. The van der Waals surface area contributed by atoms with Gasteiger partial charge in [0.15, 0.2) is 0 Å². The van der Waals surface area contributed by atoms with E-state index in [1.807, 2.05) is 0 Å². The summed E-state index contributed by atoms with van der Waals surface area (Å²) >= 11 is 0. The van der Waals surface area contributed by atoms with Gasteiger partial charge in [0.25, 0.3) is 0 Å². The van der Waals surface area contributed by atoms with Gasteiger partial charge in [-0.25, -0.2) is 13.2 Å². The van der Waals surface area contributed by atoms with E-state index in [2.05, 4.69) is 5.32 Å². The molecule has 0 saturated carbocycles. The molecule has 0 aliphatic heterocycles. The molecular weight excluding hydrogens is 267 g/mol. The molecular formula is C15H14F3NO. The molecule has 0 aliphatic carbocycles. The van der Waals surface area contributed by atoms with Gasteiger partial charge in [-0.15, -0.1) is 0 Å². The number of halogens is 3. The van der Waals surface area contributed by atoms with Crippen molar-refractivity contribution in [1.29, 1.82) is 0 Å². The van der Waals surface area contributed by atoms with E-state index in [9.17, 15) is 13.2 Å². The predicted octanol–water partition coefficient (Wildman–Crippen LogP) is 4.29. The van der Waals surface area contributed by atoms with E-state index >= 15 is 0 Å².